The molecule has 1 heterocycles. The molecule has 1 aliphatic rings. The highest BCUT2D eigenvalue weighted by Gasteiger charge is 2.47. The van der Waals surface area contributed by atoms with Gasteiger partial charge in [-0.2, -0.15) is 4.31 Å². The van der Waals surface area contributed by atoms with Crippen LogP contribution in [0.4, 0.5) is 0 Å². The Kier molecular flexibility index (Phi) is 6.45. The summed E-state index contributed by atoms with van der Waals surface area (Å²) in [6.07, 6.45) is 3.79. The third-order valence-electron chi connectivity index (χ3n) is 4.59. The van der Waals surface area contributed by atoms with E-state index in [0.29, 0.717) is 6.54 Å². The number of carbonyl (C=O) groups is 1. The molecule has 1 saturated heterocycles. The quantitative estimate of drug-likeness (QED) is 0.338. The van der Waals surface area contributed by atoms with E-state index in [9.17, 15) is 13.2 Å². The van der Waals surface area contributed by atoms with Gasteiger partial charge in [0, 0.05) is 12.6 Å². The maximum Gasteiger partial charge on any atom is 0.247 e. The fourth-order valence-corrected chi connectivity index (χ4v) is 4.33. The minimum absolute atomic E-state index is 0.133. The molecule has 1 atom stereocenters. The number of piperidine rings is 1. The van der Waals surface area contributed by atoms with Crippen molar-refractivity contribution in [3.05, 3.63) is 11.8 Å². The van der Waals surface area contributed by atoms with Gasteiger partial charge in [0.25, 0.3) is 0 Å². The molecule has 0 aromatic rings. The van der Waals surface area contributed by atoms with Crippen molar-refractivity contribution >= 4 is 21.8 Å². The summed E-state index contributed by atoms with van der Waals surface area (Å²) >= 11 is 0. The highest BCUT2D eigenvalue weighted by Crippen LogP contribution is 2.28. The van der Waals surface area contributed by atoms with Crippen molar-refractivity contribution < 1.29 is 18.3 Å². The fourth-order valence-electron chi connectivity index (χ4n) is 2.51. The molecule has 7 nitrogen and oxygen atoms in total. The largest absolute Gasteiger partial charge is 0.596 e. The molecule has 1 rings (SSSR count). The lowest BCUT2D eigenvalue weighted by Gasteiger charge is -2.37. The summed E-state index contributed by atoms with van der Waals surface area (Å²) in [4.78, 5) is 12.6. The van der Waals surface area contributed by atoms with E-state index in [0.717, 1.165) is 19.3 Å². The van der Waals surface area contributed by atoms with E-state index in [4.69, 9.17) is 10.5 Å². The van der Waals surface area contributed by atoms with Gasteiger partial charge in [0.05, 0.1) is 11.5 Å². The average molecular weight is 375 g/mol. The van der Waals surface area contributed by atoms with Crippen LogP contribution in [0.15, 0.2) is 11.8 Å². The molecular weight excluding hydrogens is 342 g/mol. The smallest absolute Gasteiger partial charge is 0.247 e. The summed E-state index contributed by atoms with van der Waals surface area (Å²) in [6.45, 7) is 10.5. The summed E-state index contributed by atoms with van der Waals surface area (Å²) in [6, 6.07) is -0.133. The van der Waals surface area contributed by atoms with Crippen LogP contribution in [-0.2, 0) is 14.8 Å². The number of carbonyl (C=O) groups excluding carboxylic acids is 1. The molecule has 0 aliphatic carbocycles. The molecule has 0 spiro atoms. The molecule has 1 aliphatic heterocycles. The summed E-state index contributed by atoms with van der Waals surface area (Å²) < 4.78 is 25.6. The minimum atomic E-state index is -3.86. The summed E-state index contributed by atoms with van der Waals surface area (Å²) in [5.41, 5.74) is -0.456. The topological polar surface area (TPSA) is 113 Å². The summed E-state index contributed by atoms with van der Waals surface area (Å²) in [7, 11) is -3.86. The molecule has 1 amide bonds. The third-order valence-corrected chi connectivity index (χ3v) is 7.22. The van der Waals surface area contributed by atoms with Crippen LogP contribution < -0.4 is 5.32 Å². The van der Waals surface area contributed by atoms with Crippen LogP contribution in [0.5, 0.6) is 0 Å². The molecule has 25 heavy (non-hydrogen) atoms. The van der Waals surface area contributed by atoms with Gasteiger partial charge in [0.1, 0.15) is 5.84 Å². The third kappa shape index (κ3) is 4.82. The first-order valence-electron chi connectivity index (χ1n) is 8.56. The Morgan fingerprint density at radius 2 is 1.80 bits per heavy atom. The Morgan fingerprint density at radius 1 is 1.24 bits per heavy atom. The zero-order chi connectivity index (χ0) is 19.6. The van der Waals surface area contributed by atoms with E-state index in [1.165, 1.54) is 24.2 Å². The molecular formula is C17H32N3O4S+. The van der Waals surface area contributed by atoms with Crippen LogP contribution in [0, 0.1) is 10.8 Å². The van der Waals surface area contributed by atoms with Gasteiger partial charge >= 0.3 is 0 Å². The molecule has 0 aromatic heterocycles. The molecule has 1 fully saturated rings. The first-order chi connectivity index (χ1) is 11.2. The maximum atomic E-state index is 13.0. The minimum Gasteiger partial charge on any atom is -0.596 e. The van der Waals surface area contributed by atoms with E-state index >= 15 is 0 Å². The van der Waals surface area contributed by atoms with Gasteiger partial charge in [-0.1, -0.05) is 6.42 Å². The van der Waals surface area contributed by atoms with E-state index < -0.39 is 26.1 Å². The second-order valence-corrected chi connectivity index (χ2v) is 10.6. The van der Waals surface area contributed by atoms with Crippen LogP contribution in [-0.4, -0.2) is 46.9 Å². The first kappa shape index (κ1) is 21.6. The van der Waals surface area contributed by atoms with Crippen LogP contribution in [0.3, 0.4) is 0 Å². The van der Waals surface area contributed by atoms with Gasteiger partial charge in [0.15, 0.2) is 4.75 Å². The van der Waals surface area contributed by atoms with E-state index in [-0.39, 0.29) is 17.6 Å². The molecule has 4 N–H and O–H groups in total. The van der Waals surface area contributed by atoms with Crippen molar-refractivity contribution in [3.8, 4) is 0 Å². The Bertz CT molecular complexity index is 660. The normalized spacial score (nSPS) is 21.0. The Balaban J connectivity index is 2.97. The number of hydrogen-bond acceptors (Lipinski definition) is 4. The number of hydrogen-bond donors (Lipinski definition) is 2. The maximum absolute atomic E-state index is 13.0. The zero-order valence-electron chi connectivity index (χ0n) is 16.1. The number of rotatable bonds is 4. The first-order valence-corrected chi connectivity index (χ1v) is 10.0. The van der Waals surface area contributed by atoms with E-state index in [1.807, 2.05) is 27.7 Å². The van der Waals surface area contributed by atoms with E-state index in [2.05, 4.69) is 5.32 Å². The van der Waals surface area contributed by atoms with Gasteiger partial charge in [-0.05, 0) is 54.4 Å². The van der Waals surface area contributed by atoms with Crippen molar-refractivity contribution in [1.29, 1.82) is 5.41 Å². The SMILES string of the molecule is CC1CCCCN1S(=O)(=O)C(C)(C)C(=O)NC(=N)/C=C(\[OH2+])C(C)(C)C. The summed E-state index contributed by atoms with van der Waals surface area (Å²) in [5.74, 6) is -0.851. The van der Waals surface area contributed by atoms with Crippen LogP contribution >= 0.6 is 0 Å². The monoisotopic (exact) mass is 374 g/mol. The standard InChI is InChI=1S/C17H31N3O4S/c1-12-9-7-8-10-20(12)25(23,24)17(5,6)15(22)19-14(18)11-13(21)16(2,3)4/h11-12,21H,7-10H2,1-6H3,(H2,18,19,22)/p+1/b13-11-. The second-order valence-electron chi connectivity index (χ2n) is 8.15. The van der Waals surface area contributed by atoms with E-state index in [1.54, 1.807) is 0 Å². The van der Waals surface area contributed by atoms with Crippen molar-refractivity contribution in [2.75, 3.05) is 6.54 Å². The molecule has 144 valence electrons. The lowest BCUT2D eigenvalue weighted by molar-refractivity contribution is -0.121. The number of allylic oxidation sites excluding steroid dienone is 1. The molecule has 0 radical (unpaired) electrons. The predicted octanol–water partition coefficient (Wildman–Crippen LogP) is 1.72. The molecule has 0 saturated carbocycles. The Labute approximate surface area is 151 Å². The Morgan fingerprint density at radius 3 is 2.28 bits per heavy atom. The average Bonchev–Trinajstić information content (AvgIpc) is 2.45. The van der Waals surface area contributed by atoms with Crippen molar-refractivity contribution in [1.82, 2.24) is 9.62 Å². The molecule has 8 heteroatoms. The van der Waals surface area contributed by atoms with Gasteiger partial charge in [-0.25, -0.2) is 8.42 Å². The fraction of sp³-hybridized carbons (Fsp3) is 0.765. The number of sulfonamides is 1. The number of amidine groups is 1. The van der Waals surface area contributed by atoms with Crippen LogP contribution in [0.25, 0.3) is 0 Å². The van der Waals surface area contributed by atoms with Crippen LogP contribution in [0.2, 0.25) is 0 Å². The highest BCUT2D eigenvalue weighted by atomic mass is 32.2. The van der Waals surface area contributed by atoms with Crippen molar-refractivity contribution in [2.45, 2.75) is 71.6 Å². The van der Waals surface area contributed by atoms with Gasteiger partial charge in [-0.15, -0.1) is 0 Å². The van der Waals surface area contributed by atoms with Crippen molar-refractivity contribution in [3.63, 3.8) is 0 Å². The lowest BCUT2D eigenvalue weighted by Crippen LogP contribution is -2.57. The number of nitrogens with zero attached hydrogens (tertiary/aromatic N) is 1. The molecule has 0 bridgehead atoms. The summed E-state index contributed by atoms with van der Waals surface area (Å²) in [5, 5.41) is 18.1. The highest BCUT2D eigenvalue weighted by molar-refractivity contribution is 7.91. The number of amides is 1. The lowest BCUT2D eigenvalue weighted by atomic mass is 9.93. The predicted molar refractivity (Wildman–Crippen MR) is 100 cm³/mol. The van der Waals surface area contributed by atoms with Crippen LogP contribution in [0.1, 0.15) is 60.8 Å². The van der Waals surface area contributed by atoms with Gasteiger partial charge in [-0.3, -0.25) is 10.2 Å². The zero-order valence-corrected chi connectivity index (χ0v) is 16.9. The van der Waals surface area contributed by atoms with Gasteiger partial charge < -0.3 is 10.4 Å². The van der Waals surface area contributed by atoms with Crippen molar-refractivity contribution in [2.24, 2.45) is 5.41 Å². The number of nitrogens with one attached hydrogen (secondary N) is 2. The second kappa shape index (κ2) is 7.45. The van der Waals surface area contributed by atoms with Gasteiger partial charge in [0.2, 0.25) is 21.7 Å². The molecule has 1 unspecified atom stereocenters. The molecule has 0 aromatic carbocycles. The Hall–Kier alpha value is -1.41.